The summed E-state index contributed by atoms with van der Waals surface area (Å²) in [6.45, 7) is 0. The molecule has 0 aliphatic rings. The van der Waals surface area contributed by atoms with Crippen molar-refractivity contribution in [1.29, 1.82) is 0 Å². The maximum absolute atomic E-state index is 5.16. The minimum absolute atomic E-state index is 0.637. The number of aromatic nitrogens is 5. The lowest BCUT2D eigenvalue weighted by atomic mass is 10.0. The Kier molecular flexibility index (Phi) is 7.41. The number of rotatable bonds is 5. The number of hydrogen-bond donors (Lipinski definition) is 0. The number of nitrogens with zero attached hydrogens (tertiary/aromatic N) is 5. The van der Waals surface area contributed by atoms with Crippen molar-refractivity contribution in [2.24, 2.45) is 0 Å². The number of thiophene rings is 1. The predicted molar refractivity (Wildman–Crippen MR) is 255 cm³/mol. The van der Waals surface area contributed by atoms with Crippen LogP contribution in [-0.4, -0.2) is 24.1 Å². The fraction of sp³-hybridized carbons (Fsp3) is 0. The van der Waals surface area contributed by atoms with Crippen LogP contribution in [0.15, 0.2) is 200 Å². The summed E-state index contributed by atoms with van der Waals surface area (Å²) >= 11 is 1.86. The summed E-state index contributed by atoms with van der Waals surface area (Å²) in [6, 6.07) is 71.5. The molecule has 6 heteroatoms. The fourth-order valence-electron chi connectivity index (χ4n) is 9.42. The molecule has 284 valence electrons. The lowest BCUT2D eigenvalue weighted by Crippen LogP contribution is -2.02. The Morgan fingerprint density at radius 1 is 0.311 bits per heavy atom. The Hall–Kier alpha value is -7.93. The Morgan fingerprint density at radius 3 is 1.54 bits per heavy atom. The molecule has 5 nitrogen and oxygen atoms in total. The molecule has 0 aliphatic heterocycles. The summed E-state index contributed by atoms with van der Waals surface area (Å²) < 4.78 is 7.48. The second-order valence-corrected chi connectivity index (χ2v) is 16.7. The van der Waals surface area contributed by atoms with Crippen LogP contribution < -0.4 is 0 Å². The van der Waals surface area contributed by atoms with E-state index in [0.29, 0.717) is 17.5 Å². The van der Waals surface area contributed by atoms with E-state index >= 15 is 0 Å². The molecule has 13 rings (SSSR count). The Bertz CT molecular complexity index is 3770. The molecule has 13 aromatic rings. The Labute approximate surface area is 354 Å². The highest BCUT2D eigenvalue weighted by Gasteiger charge is 2.21. The van der Waals surface area contributed by atoms with Crippen molar-refractivity contribution < 1.29 is 0 Å². The Balaban J connectivity index is 1.10. The van der Waals surface area contributed by atoms with Crippen LogP contribution in [0, 0.1) is 0 Å². The van der Waals surface area contributed by atoms with Gasteiger partial charge in [-0.25, -0.2) is 15.0 Å². The average Bonchev–Trinajstić information content (AvgIpc) is 3.97. The summed E-state index contributed by atoms with van der Waals surface area (Å²) in [6.07, 6.45) is 0. The molecule has 4 heterocycles. The van der Waals surface area contributed by atoms with Crippen LogP contribution in [0.1, 0.15) is 0 Å². The summed E-state index contributed by atoms with van der Waals surface area (Å²) in [5.41, 5.74) is 9.75. The normalized spacial score (nSPS) is 11.9. The highest BCUT2D eigenvalue weighted by atomic mass is 32.1. The molecular weight excluding hydrogens is 763 g/mol. The minimum Gasteiger partial charge on any atom is -0.309 e. The molecule has 4 aromatic heterocycles. The van der Waals surface area contributed by atoms with Gasteiger partial charge in [-0.3, -0.25) is 0 Å². The van der Waals surface area contributed by atoms with Crippen LogP contribution in [0.3, 0.4) is 0 Å². The third kappa shape index (κ3) is 5.22. The van der Waals surface area contributed by atoms with Gasteiger partial charge in [-0.15, -0.1) is 11.3 Å². The second-order valence-electron chi connectivity index (χ2n) is 15.6. The number of hydrogen-bond acceptors (Lipinski definition) is 4. The van der Waals surface area contributed by atoms with Gasteiger partial charge in [-0.1, -0.05) is 146 Å². The van der Waals surface area contributed by atoms with E-state index in [1.165, 1.54) is 58.3 Å². The highest BCUT2D eigenvalue weighted by Crippen LogP contribution is 2.43. The summed E-state index contributed by atoms with van der Waals surface area (Å²) in [5, 5.41) is 9.67. The van der Waals surface area contributed by atoms with Crippen molar-refractivity contribution in [3.63, 3.8) is 0 Å². The van der Waals surface area contributed by atoms with Gasteiger partial charge in [0.15, 0.2) is 17.5 Å². The first-order valence-electron chi connectivity index (χ1n) is 20.5. The van der Waals surface area contributed by atoms with Crippen molar-refractivity contribution in [2.75, 3.05) is 0 Å². The number of fused-ring (bicyclic) bond motifs is 10. The first kappa shape index (κ1) is 34.0. The van der Waals surface area contributed by atoms with Gasteiger partial charge in [-0.2, -0.15) is 0 Å². The molecule has 61 heavy (non-hydrogen) atoms. The summed E-state index contributed by atoms with van der Waals surface area (Å²) in [7, 11) is 0. The fourth-order valence-corrected chi connectivity index (χ4v) is 10.6. The molecule has 0 aliphatic carbocycles. The van der Waals surface area contributed by atoms with Gasteiger partial charge < -0.3 is 9.13 Å². The molecule has 0 bridgehead atoms. The molecule has 0 spiro atoms. The molecule has 0 N–H and O–H groups in total. The molecule has 0 fully saturated rings. The van der Waals surface area contributed by atoms with E-state index in [-0.39, 0.29) is 0 Å². The first-order valence-corrected chi connectivity index (χ1v) is 21.3. The predicted octanol–water partition coefficient (Wildman–Crippen LogP) is 14.6. The maximum Gasteiger partial charge on any atom is 0.164 e. The van der Waals surface area contributed by atoms with Crippen molar-refractivity contribution in [3.05, 3.63) is 200 Å². The van der Waals surface area contributed by atoms with Gasteiger partial charge in [0.05, 0.1) is 27.8 Å². The van der Waals surface area contributed by atoms with Crippen molar-refractivity contribution >= 4 is 85.9 Å². The lowest BCUT2D eigenvalue weighted by Gasteiger charge is -2.16. The van der Waals surface area contributed by atoms with E-state index in [9.17, 15) is 0 Å². The zero-order valence-corrected chi connectivity index (χ0v) is 33.5. The first-order chi connectivity index (χ1) is 30.2. The van der Waals surface area contributed by atoms with Gasteiger partial charge >= 0.3 is 0 Å². The standard InChI is InChI=1S/C55H33N5S/c1-3-15-34(16-4-1)53-56-54(35-17-5-2-6-18-35)58-55(57-53)43-29-30-48(38-20-8-7-19-37(38)43)60-49-31-36(59-46-24-12-9-21-39(46)40-22-10-13-25-47(40)59)27-28-41(49)44-33-52-45(32-50(44)60)42-23-11-14-26-51(42)61-52/h1-33H. The number of benzene rings is 9. The van der Waals surface area contributed by atoms with Crippen LogP contribution in [0.4, 0.5) is 0 Å². The van der Waals surface area contributed by atoms with E-state index in [2.05, 4.69) is 173 Å². The molecule has 0 saturated heterocycles. The quantitative estimate of drug-likeness (QED) is 0.174. The van der Waals surface area contributed by atoms with Gasteiger partial charge in [0.2, 0.25) is 0 Å². The third-order valence-corrected chi connectivity index (χ3v) is 13.3. The van der Waals surface area contributed by atoms with E-state index in [1.54, 1.807) is 0 Å². The van der Waals surface area contributed by atoms with Crippen molar-refractivity contribution in [1.82, 2.24) is 24.1 Å². The molecule has 0 unspecified atom stereocenters. The van der Waals surface area contributed by atoms with Gasteiger partial charge in [0, 0.05) is 69.5 Å². The van der Waals surface area contributed by atoms with E-state index in [4.69, 9.17) is 15.0 Å². The smallest absolute Gasteiger partial charge is 0.164 e. The SMILES string of the molecule is c1ccc(-c2nc(-c3ccccc3)nc(-c3ccc(-n4c5cc(-n6c7ccccc7c7ccccc76)ccc5c5cc6sc7ccccc7c6cc54)c4ccccc34)n2)cc1. The van der Waals surface area contributed by atoms with E-state index in [1.807, 2.05) is 47.7 Å². The zero-order chi connectivity index (χ0) is 40.0. The molecule has 9 aromatic carbocycles. The molecule has 0 amide bonds. The van der Waals surface area contributed by atoms with Gasteiger partial charge in [-0.05, 0) is 60.0 Å². The molecule has 0 atom stereocenters. The Morgan fingerprint density at radius 2 is 0.852 bits per heavy atom. The minimum atomic E-state index is 0.637. The maximum atomic E-state index is 5.16. The lowest BCUT2D eigenvalue weighted by molar-refractivity contribution is 1.08. The molecule has 0 radical (unpaired) electrons. The van der Waals surface area contributed by atoms with E-state index < -0.39 is 0 Å². The topological polar surface area (TPSA) is 48.5 Å². The average molecular weight is 796 g/mol. The summed E-state index contributed by atoms with van der Waals surface area (Å²) in [5.74, 6) is 1.92. The summed E-state index contributed by atoms with van der Waals surface area (Å²) in [4.78, 5) is 15.3. The molecular formula is C55H33N5S. The highest BCUT2D eigenvalue weighted by molar-refractivity contribution is 7.25. The number of para-hydroxylation sites is 2. The van der Waals surface area contributed by atoms with Crippen LogP contribution >= 0.6 is 11.3 Å². The van der Waals surface area contributed by atoms with Crippen LogP contribution in [-0.2, 0) is 0 Å². The monoisotopic (exact) mass is 795 g/mol. The zero-order valence-electron chi connectivity index (χ0n) is 32.7. The van der Waals surface area contributed by atoms with Crippen LogP contribution in [0.25, 0.3) is 120 Å². The van der Waals surface area contributed by atoms with Crippen molar-refractivity contribution in [3.8, 4) is 45.5 Å². The molecule has 0 saturated carbocycles. The second kappa shape index (κ2) is 13.3. The third-order valence-electron chi connectivity index (χ3n) is 12.2. The van der Waals surface area contributed by atoms with E-state index in [0.717, 1.165) is 44.4 Å². The van der Waals surface area contributed by atoms with Gasteiger partial charge in [0.25, 0.3) is 0 Å². The van der Waals surface area contributed by atoms with Crippen LogP contribution in [0.2, 0.25) is 0 Å². The van der Waals surface area contributed by atoms with Gasteiger partial charge in [0.1, 0.15) is 0 Å². The van der Waals surface area contributed by atoms with Crippen molar-refractivity contribution in [2.45, 2.75) is 0 Å². The van der Waals surface area contributed by atoms with Crippen LogP contribution in [0.5, 0.6) is 0 Å². The largest absolute Gasteiger partial charge is 0.309 e.